The highest BCUT2D eigenvalue weighted by Crippen LogP contribution is 2.31. The lowest BCUT2D eigenvalue weighted by atomic mass is 10.2. The number of aryl methyl sites for hydroxylation is 1. The number of methoxy groups -OCH3 is 1. The summed E-state index contributed by atoms with van der Waals surface area (Å²) in [4.78, 5) is 0. The van der Waals surface area contributed by atoms with E-state index in [9.17, 15) is 8.42 Å². The van der Waals surface area contributed by atoms with Crippen molar-refractivity contribution in [3.8, 4) is 5.75 Å². The number of hydrogen-bond acceptors (Lipinski definition) is 3. The molecule has 0 saturated heterocycles. The standard InChI is InChI=1S/C16H16ClNO3S/c1-12-10-15(16(21-2)11-14(12)17)18-22(19,20)9-8-13-6-4-3-5-7-13/h3-11,18H,1-2H3/b9-8+. The lowest BCUT2D eigenvalue weighted by Gasteiger charge is -2.12. The summed E-state index contributed by atoms with van der Waals surface area (Å²) < 4.78 is 31.9. The van der Waals surface area contributed by atoms with Crippen molar-refractivity contribution in [2.24, 2.45) is 0 Å². The molecule has 6 heteroatoms. The van der Waals surface area contributed by atoms with Gasteiger partial charge in [0.1, 0.15) is 5.75 Å². The Hall–Kier alpha value is -1.98. The van der Waals surface area contributed by atoms with Crippen molar-refractivity contribution in [2.45, 2.75) is 6.92 Å². The number of anilines is 1. The van der Waals surface area contributed by atoms with Gasteiger partial charge in [0.25, 0.3) is 10.0 Å². The largest absolute Gasteiger partial charge is 0.495 e. The van der Waals surface area contributed by atoms with Crippen molar-refractivity contribution in [3.05, 3.63) is 64.0 Å². The van der Waals surface area contributed by atoms with Crippen LogP contribution in [0.25, 0.3) is 6.08 Å². The van der Waals surface area contributed by atoms with Crippen molar-refractivity contribution in [1.82, 2.24) is 0 Å². The summed E-state index contributed by atoms with van der Waals surface area (Å²) in [6.45, 7) is 1.79. The van der Waals surface area contributed by atoms with Crippen molar-refractivity contribution in [2.75, 3.05) is 11.8 Å². The van der Waals surface area contributed by atoms with Crippen LogP contribution in [0.1, 0.15) is 11.1 Å². The van der Waals surface area contributed by atoms with E-state index in [0.29, 0.717) is 16.5 Å². The summed E-state index contributed by atoms with van der Waals surface area (Å²) in [6.07, 6.45) is 1.53. The van der Waals surface area contributed by atoms with Crippen molar-refractivity contribution >= 4 is 33.4 Å². The first-order valence-electron chi connectivity index (χ1n) is 6.51. The Bertz CT molecular complexity index is 787. The maximum Gasteiger partial charge on any atom is 0.255 e. The summed E-state index contributed by atoms with van der Waals surface area (Å²) in [7, 11) is -2.19. The van der Waals surface area contributed by atoms with Gasteiger partial charge in [-0.05, 0) is 30.2 Å². The fraction of sp³-hybridized carbons (Fsp3) is 0.125. The van der Waals surface area contributed by atoms with E-state index in [0.717, 1.165) is 16.5 Å². The van der Waals surface area contributed by atoms with Gasteiger partial charge in [0.15, 0.2) is 0 Å². The van der Waals surface area contributed by atoms with Crippen LogP contribution < -0.4 is 9.46 Å². The average Bonchev–Trinajstić information content (AvgIpc) is 2.49. The molecule has 2 rings (SSSR count). The minimum absolute atomic E-state index is 0.349. The maximum absolute atomic E-state index is 12.2. The smallest absolute Gasteiger partial charge is 0.255 e. The third kappa shape index (κ3) is 4.26. The van der Waals surface area contributed by atoms with Crippen LogP contribution in [0.15, 0.2) is 47.9 Å². The number of sulfonamides is 1. The molecule has 2 aromatic rings. The molecule has 0 aliphatic rings. The number of hydrogen-bond donors (Lipinski definition) is 1. The first-order chi connectivity index (χ1) is 10.4. The normalized spacial score (nSPS) is 11.6. The van der Waals surface area contributed by atoms with E-state index in [2.05, 4.69) is 4.72 Å². The Kier molecular flexibility index (Phi) is 5.11. The highest BCUT2D eigenvalue weighted by molar-refractivity contribution is 7.95. The molecule has 2 aromatic carbocycles. The second kappa shape index (κ2) is 6.85. The maximum atomic E-state index is 12.2. The number of nitrogens with one attached hydrogen (secondary N) is 1. The van der Waals surface area contributed by atoms with Crippen molar-refractivity contribution in [1.29, 1.82) is 0 Å². The first kappa shape index (κ1) is 16.4. The van der Waals surface area contributed by atoms with E-state index in [4.69, 9.17) is 16.3 Å². The third-order valence-corrected chi connectivity index (χ3v) is 4.38. The zero-order valence-corrected chi connectivity index (χ0v) is 13.8. The molecular weight excluding hydrogens is 322 g/mol. The van der Waals surface area contributed by atoms with Crippen LogP contribution in [-0.2, 0) is 10.0 Å². The van der Waals surface area contributed by atoms with Crippen LogP contribution in [0.5, 0.6) is 5.75 Å². The van der Waals surface area contributed by atoms with Crippen molar-refractivity contribution < 1.29 is 13.2 Å². The van der Waals surface area contributed by atoms with Crippen LogP contribution in [0, 0.1) is 6.92 Å². The monoisotopic (exact) mass is 337 g/mol. The quantitative estimate of drug-likeness (QED) is 0.894. The second-order valence-corrected chi connectivity index (χ2v) is 6.64. The molecule has 0 spiro atoms. The predicted octanol–water partition coefficient (Wildman–Crippen LogP) is 4.07. The number of halogens is 1. The fourth-order valence-corrected chi connectivity index (χ4v) is 2.86. The van der Waals surface area contributed by atoms with Crippen LogP contribution >= 0.6 is 11.6 Å². The molecule has 0 unspecified atom stereocenters. The summed E-state index contributed by atoms with van der Waals surface area (Å²) in [5.74, 6) is 0.368. The van der Waals surface area contributed by atoms with Gasteiger partial charge < -0.3 is 4.74 Å². The molecule has 0 aromatic heterocycles. The average molecular weight is 338 g/mol. The fourth-order valence-electron chi connectivity index (χ4n) is 1.83. The van der Waals surface area contributed by atoms with Gasteiger partial charge in [-0.25, -0.2) is 8.42 Å². The molecule has 0 radical (unpaired) electrons. The van der Waals surface area contributed by atoms with Crippen molar-refractivity contribution in [3.63, 3.8) is 0 Å². The van der Waals surface area contributed by atoms with Gasteiger partial charge in [-0.15, -0.1) is 0 Å². The molecule has 0 fully saturated rings. The van der Waals surface area contributed by atoms with E-state index in [-0.39, 0.29) is 0 Å². The molecular formula is C16H16ClNO3S. The molecule has 0 atom stereocenters. The lowest BCUT2D eigenvalue weighted by molar-refractivity contribution is 0.417. The van der Waals surface area contributed by atoms with Gasteiger partial charge in [-0.1, -0.05) is 41.9 Å². The van der Waals surface area contributed by atoms with Gasteiger partial charge in [-0.3, -0.25) is 4.72 Å². The Morgan fingerprint density at radius 3 is 2.50 bits per heavy atom. The van der Waals surface area contributed by atoms with Crippen LogP contribution in [-0.4, -0.2) is 15.5 Å². The summed E-state index contributed by atoms with van der Waals surface area (Å²) >= 11 is 6.01. The van der Waals surface area contributed by atoms with Crippen LogP contribution in [0.2, 0.25) is 5.02 Å². The highest BCUT2D eigenvalue weighted by atomic mass is 35.5. The Labute approximate surface area is 135 Å². The minimum atomic E-state index is -3.65. The van der Waals surface area contributed by atoms with E-state index in [1.165, 1.54) is 13.2 Å². The van der Waals surface area contributed by atoms with Gasteiger partial charge in [0, 0.05) is 11.1 Å². The van der Waals surface area contributed by atoms with Gasteiger partial charge in [0.2, 0.25) is 0 Å². The zero-order chi connectivity index (χ0) is 16.2. The molecule has 0 amide bonds. The Balaban J connectivity index is 2.26. The topological polar surface area (TPSA) is 55.4 Å². The highest BCUT2D eigenvalue weighted by Gasteiger charge is 2.12. The zero-order valence-electron chi connectivity index (χ0n) is 12.2. The van der Waals surface area contributed by atoms with E-state index < -0.39 is 10.0 Å². The molecule has 4 nitrogen and oxygen atoms in total. The first-order valence-corrected chi connectivity index (χ1v) is 8.44. The summed E-state index contributed by atoms with van der Waals surface area (Å²) in [6, 6.07) is 12.4. The van der Waals surface area contributed by atoms with Crippen LogP contribution in [0.4, 0.5) is 5.69 Å². The SMILES string of the molecule is COc1cc(Cl)c(C)cc1NS(=O)(=O)/C=C/c1ccccc1. The number of benzene rings is 2. The molecule has 0 aliphatic heterocycles. The van der Waals surface area contributed by atoms with Gasteiger partial charge >= 0.3 is 0 Å². The molecule has 1 N–H and O–H groups in total. The Morgan fingerprint density at radius 2 is 1.86 bits per heavy atom. The van der Waals surface area contributed by atoms with E-state index >= 15 is 0 Å². The number of rotatable bonds is 5. The second-order valence-electron chi connectivity index (χ2n) is 4.66. The minimum Gasteiger partial charge on any atom is -0.495 e. The number of ether oxygens (including phenoxy) is 1. The van der Waals surface area contributed by atoms with Gasteiger partial charge in [0.05, 0.1) is 18.2 Å². The molecule has 0 bridgehead atoms. The molecule has 0 heterocycles. The molecule has 116 valence electrons. The third-order valence-electron chi connectivity index (χ3n) is 2.97. The summed E-state index contributed by atoms with van der Waals surface area (Å²) in [5.41, 5.74) is 1.90. The van der Waals surface area contributed by atoms with E-state index in [1.54, 1.807) is 19.1 Å². The molecule has 0 saturated carbocycles. The van der Waals surface area contributed by atoms with Gasteiger partial charge in [-0.2, -0.15) is 0 Å². The summed E-state index contributed by atoms with van der Waals surface area (Å²) in [5, 5.41) is 1.63. The van der Waals surface area contributed by atoms with Crippen LogP contribution in [0.3, 0.4) is 0 Å². The Morgan fingerprint density at radius 1 is 1.18 bits per heavy atom. The van der Waals surface area contributed by atoms with E-state index in [1.807, 2.05) is 30.3 Å². The molecule has 0 aliphatic carbocycles. The predicted molar refractivity (Wildman–Crippen MR) is 90.8 cm³/mol. The lowest BCUT2D eigenvalue weighted by Crippen LogP contribution is -2.10. The molecule has 22 heavy (non-hydrogen) atoms.